The van der Waals surface area contributed by atoms with E-state index in [1.54, 1.807) is 7.11 Å². The third kappa shape index (κ3) is 7.45. The lowest BCUT2D eigenvalue weighted by Crippen LogP contribution is -2.27. The second kappa shape index (κ2) is 9.02. The van der Waals surface area contributed by atoms with E-state index < -0.39 is 10.0 Å². The highest BCUT2D eigenvalue weighted by Crippen LogP contribution is 2.17. The Morgan fingerprint density at radius 2 is 1.90 bits per heavy atom. The molecular formula is C15H26N2O3S. The highest BCUT2D eigenvalue weighted by atomic mass is 32.2. The first-order valence-corrected chi connectivity index (χ1v) is 8.92. The normalized spacial score (nSPS) is 11.8. The predicted molar refractivity (Wildman–Crippen MR) is 86.0 cm³/mol. The molecule has 0 radical (unpaired) electrons. The van der Waals surface area contributed by atoms with Gasteiger partial charge in [0.1, 0.15) is 5.75 Å². The van der Waals surface area contributed by atoms with Gasteiger partial charge in [0.25, 0.3) is 0 Å². The fraction of sp³-hybridized carbons (Fsp3) is 0.600. The van der Waals surface area contributed by atoms with Crippen LogP contribution in [0.25, 0.3) is 0 Å². The van der Waals surface area contributed by atoms with E-state index in [2.05, 4.69) is 23.9 Å². The number of benzene rings is 1. The molecule has 5 nitrogen and oxygen atoms in total. The molecule has 0 amide bonds. The van der Waals surface area contributed by atoms with Crippen molar-refractivity contribution >= 4 is 10.0 Å². The number of methoxy groups -OCH3 is 1. The summed E-state index contributed by atoms with van der Waals surface area (Å²) in [5.41, 5.74) is 0.838. The van der Waals surface area contributed by atoms with Crippen LogP contribution in [0.3, 0.4) is 0 Å². The van der Waals surface area contributed by atoms with Gasteiger partial charge in [-0.25, -0.2) is 13.1 Å². The van der Waals surface area contributed by atoms with E-state index in [-0.39, 0.29) is 12.3 Å². The molecule has 1 aromatic rings. The summed E-state index contributed by atoms with van der Waals surface area (Å²) in [5, 5.41) is 3.27. The van der Waals surface area contributed by atoms with Crippen molar-refractivity contribution in [2.75, 3.05) is 19.4 Å². The smallest absolute Gasteiger partial charge is 0.211 e. The zero-order chi connectivity index (χ0) is 15.7. The third-order valence-electron chi connectivity index (χ3n) is 3.07. The van der Waals surface area contributed by atoms with Gasteiger partial charge in [0.2, 0.25) is 10.0 Å². The largest absolute Gasteiger partial charge is 0.496 e. The van der Waals surface area contributed by atoms with Gasteiger partial charge in [-0.3, -0.25) is 0 Å². The van der Waals surface area contributed by atoms with Crippen molar-refractivity contribution in [1.29, 1.82) is 0 Å². The molecule has 21 heavy (non-hydrogen) atoms. The summed E-state index contributed by atoms with van der Waals surface area (Å²) >= 11 is 0. The minimum atomic E-state index is -3.24. The molecule has 0 aliphatic heterocycles. The molecule has 0 unspecified atom stereocenters. The second-order valence-electron chi connectivity index (χ2n) is 5.27. The Labute approximate surface area is 128 Å². The van der Waals surface area contributed by atoms with Crippen molar-refractivity contribution in [1.82, 2.24) is 10.0 Å². The van der Waals surface area contributed by atoms with E-state index in [1.807, 2.05) is 24.3 Å². The van der Waals surface area contributed by atoms with Gasteiger partial charge < -0.3 is 10.1 Å². The first-order chi connectivity index (χ1) is 9.94. The Balaban J connectivity index is 2.36. The summed E-state index contributed by atoms with van der Waals surface area (Å²) in [6.07, 6.45) is 1.51. The molecule has 0 atom stereocenters. The number of rotatable bonds is 10. The summed E-state index contributed by atoms with van der Waals surface area (Å²) in [5.74, 6) is 0.850. The third-order valence-corrected chi connectivity index (χ3v) is 4.48. The maximum absolute atomic E-state index is 11.9. The van der Waals surface area contributed by atoms with E-state index in [0.717, 1.165) is 18.5 Å². The molecule has 0 saturated carbocycles. The van der Waals surface area contributed by atoms with Gasteiger partial charge in [0.15, 0.2) is 0 Å². The highest BCUT2D eigenvalue weighted by Gasteiger charge is 2.11. The topological polar surface area (TPSA) is 67.4 Å². The van der Waals surface area contributed by atoms with Gasteiger partial charge in [-0.1, -0.05) is 32.0 Å². The van der Waals surface area contributed by atoms with Crippen molar-refractivity contribution in [3.05, 3.63) is 29.8 Å². The van der Waals surface area contributed by atoms with Gasteiger partial charge in [0.05, 0.1) is 12.9 Å². The van der Waals surface area contributed by atoms with E-state index >= 15 is 0 Å². The Bertz CT molecular complexity index is 515. The molecule has 0 bridgehead atoms. The Kier molecular flexibility index (Phi) is 7.71. The number of nitrogens with one attached hydrogen (secondary N) is 2. The lowest BCUT2D eigenvalue weighted by molar-refractivity contribution is 0.409. The Hall–Kier alpha value is -1.11. The van der Waals surface area contributed by atoms with Gasteiger partial charge in [-0.2, -0.15) is 0 Å². The van der Waals surface area contributed by atoms with Crippen LogP contribution in [0.1, 0.15) is 32.3 Å². The van der Waals surface area contributed by atoms with Gasteiger partial charge in [-0.05, 0) is 25.5 Å². The summed E-state index contributed by atoms with van der Waals surface area (Å²) in [7, 11) is -1.66. The molecule has 1 aromatic carbocycles. The predicted octanol–water partition coefficient (Wildman–Crippen LogP) is 1.89. The molecule has 0 saturated heterocycles. The maximum Gasteiger partial charge on any atom is 0.211 e. The molecule has 0 aliphatic carbocycles. The number of sulfonamides is 1. The van der Waals surface area contributed by atoms with Gasteiger partial charge in [-0.15, -0.1) is 0 Å². The van der Waals surface area contributed by atoms with Gasteiger partial charge in [0, 0.05) is 18.2 Å². The molecule has 120 valence electrons. The molecule has 2 N–H and O–H groups in total. The standard InChI is InChI=1S/C15H26N2O3S/c1-13(2)16-10-6-7-11-21(18,19)17-12-14-8-4-5-9-15(14)20-3/h4-5,8-9,13,16-17H,6-7,10-12H2,1-3H3. The fourth-order valence-corrected chi connectivity index (χ4v) is 3.02. The molecule has 0 aromatic heterocycles. The quantitative estimate of drug-likeness (QED) is 0.647. The first-order valence-electron chi connectivity index (χ1n) is 7.27. The van der Waals surface area contributed by atoms with Crippen LogP contribution in [-0.4, -0.2) is 33.9 Å². The molecule has 6 heteroatoms. The number of hydrogen-bond donors (Lipinski definition) is 2. The number of hydrogen-bond acceptors (Lipinski definition) is 4. The van der Waals surface area contributed by atoms with Crippen molar-refractivity contribution in [2.24, 2.45) is 0 Å². The maximum atomic E-state index is 11.9. The summed E-state index contributed by atoms with van der Waals surface area (Å²) in [6, 6.07) is 7.84. The van der Waals surface area contributed by atoms with Crippen LogP contribution in [0, 0.1) is 0 Å². The van der Waals surface area contributed by atoms with E-state index in [4.69, 9.17) is 4.74 Å². The average Bonchev–Trinajstić information content (AvgIpc) is 2.44. The molecule has 0 heterocycles. The SMILES string of the molecule is COc1ccccc1CNS(=O)(=O)CCCCNC(C)C. The molecular weight excluding hydrogens is 288 g/mol. The number of para-hydroxylation sites is 1. The Morgan fingerprint density at radius 1 is 1.19 bits per heavy atom. The highest BCUT2D eigenvalue weighted by molar-refractivity contribution is 7.89. The van der Waals surface area contributed by atoms with Gasteiger partial charge >= 0.3 is 0 Å². The zero-order valence-corrected chi connectivity index (χ0v) is 13.9. The minimum Gasteiger partial charge on any atom is -0.496 e. The van der Waals surface area contributed by atoms with Crippen LogP contribution < -0.4 is 14.8 Å². The van der Waals surface area contributed by atoms with Crippen LogP contribution in [-0.2, 0) is 16.6 Å². The first kappa shape index (κ1) is 17.9. The van der Waals surface area contributed by atoms with Crippen molar-refractivity contribution < 1.29 is 13.2 Å². The summed E-state index contributed by atoms with van der Waals surface area (Å²) in [4.78, 5) is 0. The average molecular weight is 314 g/mol. The van der Waals surface area contributed by atoms with E-state index in [1.165, 1.54) is 0 Å². The summed E-state index contributed by atoms with van der Waals surface area (Å²) < 4.78 is 31.7. The van der Waals surface area contributed by atoms with E-state index in [9.17, 15) is 8.42 Å². The molecule has 0 aliphatic rings. The number of unbranched alkanes of at least 4 members (excludes halogenated alkanes) is 1. The van der Waals surface area contributed by atoms with E-state index in [0.29, 0.717) is 18.2 Å². The van der Waals surface area contributed by atoms with Crippen LogP contribution in [0.4, 0.5) is 0 Å². The minimum absolute atomic E-state index is 0.155. The zero-order valence-electron chi connectivity index (χ0n) is 13.1. The Morgan fingerprint density at radius 3 is 2.57 bits per heavy atom. The monoisotopic (exact) mass is 314 g/mol. The summed E-state index contributed by atoms with van der Waals surface area (Å²) in [6.45, 7) is 5.26. The second-order valence-corrected chi connectivity index (χ2v) is 7.19. The van der Waals surface area contributed by atoms with Crippen molar-refractivity contribution in [3.63, 3.8) is 0 Å². The fourth-order valence-electron chi connectivity index (χ4n) is 1.92. The van der Waals surface area contributed by atoms with Crippen LogP contribution in [0.2, 0.25) is 0 Å². The van der Waals surface area contributed by atoms with Crippen LogP contribution in [0.15, 0.2) is 24.3 Å². The lowest BCUT2D eigenvalue weighted by Gasteiger charge is -2.10. The van der Waals surface area contributed by atoms with Crippen molar-refractivity contribution in [3.8, 4) is 5.75 Å². The van der Waals surface area contributed by atoms with Crippen LogP contribution in [0.5, 0.6) is 5.75 Å². The van der Waals surface area contributed by atoms with Crippen molar-refractivity contribution in [2.45, 2.75) is 39.3 Å². The van der Waals surface area contributed by atoms with Crippen LogP contribution >= 0.6 is 0 Å². The molecule has 0 spiro atoms. The molecule has 0 fully saturated rings. The number of ether oxygens (including phenoxy) is 1. The lowest BCUT2D eigenvalue weighted by atomic mass is 10.2. The molecule has 1 rings (SSSR count).